The molecule has 2 aliphatic rings. The van der Waals surface area contributed by atoms with Gasteiger partial charge in [0.05, 0.1) is 11.2 Å². The predicted octanol–water partition coefficient (Wildman–Crippen LogP) is 4.57. The Kier molecular flexibility index (Phi) is 3.90. The quantitative estimate of drug-likeness (QED) is 0.768. The number of hydrogen-bond acceptors (Lipinski definition) is 3. The van der Waals surface area contributed by atoms with Crippen LogP contribution in [-0.2, 0) is 0 Å². The molecule has 1 saturated carbocycles. The molecule has 0 amide bonds. The van der Waals surface area contributed by atoms with Crippen molar-refractivity contribution in [3.05, 3.63) is 29.6 Å². The van der Waals surface area contributed by atoms with Gasteiger partial charge in [-0.25, -0.2) is 13.2 Å². The highest BCUT2D eigenvalue weighted by molar-refractivity contribution is 8.14. The van der Waals surface area contributed by atoms with Crippen molar-refractivity contribution in [2.24, 2.45) is 10.9 Å². The van der Waals surface area contributed by atoms with E-state index in [-0.39, 0.29) is 11.2 Å². The average Bonchev–Trinajstić information content (AvgIpc) is 2.77. The monoisotopic (exact) mass is 314 g/mol. The van der Waals surface area contributed by atoms with E-state index in [1.54, 1.807) is 0 Å². The first kappa shape index (κ1) is 14.8. The number of halogens is 3. The van der Waals surface area contributed by atoms with Gasteiger partial charge in [-0.2, -0.15) is 0 Å². The van der Waals surface area contributed by atoms with E-state index in [1.807, 2.05) is 0 Å². The molecule has 2 unspecified atom stereocenters. The standard InChI is InChI=1S/C15H17F3N2S/c1-9-3-2-4-15(7-9)8-21-14(20-15)19-12-6-10(16)5-11(17)13(12)18/h5-6,9H,2-4,7-8H2,1H3,(H,19,20). The van der Waals surface area contributed by atoms with E-state index in [9.17, 15) is 13.2 Å². The lowest BCUT2D eigenvalue weighted by atomic mass is 9.78. The third-order valence-corrected chi connectivity index (χ3v) is 5.27. The number of hydrogen-bond donors (Lipinski definition) is 1. The van der Waals surface area contributed by atoms with Gasteiger partial charge in [-0.15, -0.1) is 0 Å². The summed E-state index contributed by atoms with van der Waals surface area (Å²) in [4.78, 5) is 4.68. The summed E-state index contributed by atoms with van der Waals surface area (Å²) in [5.74, 6) is -1.59. The smallest absolute Gasteiger partial charge is 0.182 e. The van der Waals surface area contributed by atoms with Crippen LogP contribution in [0.2, 0.25) is 0 Å². The van der Waals surface area contributed by atoms with Crippen molar-refractivity contribution in [1.29, 1.82) is 0 Å². The molecule has 2 nitrogen and oxygen atoms in total. The molecule has 0 aromatic heterocycles. The SMILES string of the molecule is CC1CCCC2(CSC(Nc3cc(F)cc(F)c3F)=N2)C1. The van der Waals surface area contributed by atoms with E-state index in [1.165, 1.54) is 18.2 Å². The van der Waals surface area contributed by atoms with Crippen molar-refractivity contribution >= 4 is 22.6 Å². The first-order valence-electron chi connectivity index (χ1n) is 7.12. The van der Waals surface area contributed by atoms with Gasteiger partial charge in [0.1, 0.15) is 5.82 Å². The third-order valence-electron chi connectivity index (χ3n) is 4.12. The zero-order valence-electron chi connectivity index (χ0n) is 11.8. The second-order valence-corrected chi connectivity index (χ2v) is 6.97. The third kappa shape index (κ3) is 3.05. The molecule has 114 valence electrons. The zero-order chi connectivity index (χ0) is 15.0. The Bertz CT molecular complexity index is 591. The number of nitrogens with zero attached hydrogens (tertiary/aromatic N) is 1. The largest absolute Gasteiger partial charge is 0.332 e. The minimum Gasteiger partial charge on any atom is -0.332 e. The fraction of sp³-hybridized carbons (Fsp3) is 0.533. The molecule has 0 radical (unpaired) electrons. The van der Waals surface area contributed by atoms with E-state index in [0.29, 0.717) is 17.2 Å². The summed E-state index contributed by atoms with van der Waals surface area (Å²) in [5.41, 5.74) is -0.285. The van der Waals surface area contributed by atoms with E-state index in [4.69, 9.17) is 0 Å². The molecular weight excluding hydrogens is 297 g/mol. The highest BCUT2D eigenvalue weighted by atomic mass is 32.2. The first-order valence-corrected chi connectivity index (χ1v) is 8.10. The Morgan fingerprint density at radius 1 is 1.33 bits per heavy atom. The highest BCUT2D eigenvalue weighted by Gasteiger charge is 2.39. The second kappa shape index (κ2) is 5.55. The summed E-state index contributed by atoms with van der Waals surface area (Å²) in [7, 11) is 0. The van der Waals surface area contributed by atoms with Crippen LogP contribution in [0.5, 0.6) is 0 Å². The Labute approximate surface area is 126 Å². The van der Waals surface area contributed by atoms with Crippen molar-refractivity contribution in [2.45, 2.75) is 38.1 Å². The summed E-state index contributed by atoms with van der Waals surface area (Å²) in [6, 6.07) is 1.49. The molecule has 1 aliphatic heterocycles. The van der Waals surface area contributed by atoms with Gasteiger partial charge < -0.3 is 5.32 Å². The van der Waals surface area contributed by atoms with Crippen LogP contribution in [0.15, 0.2) is 17.1 Å². The molecular formula is C15H17F3N2S. The van der Waals surface area contributed by atoms with Gasteiger partial charge in [0.2, 0.25) is 0 Å². The maximum atomic E-state index is 13.7. The van der Waals surface area contributed by atoms with Gasteiger partial charge in [0.25, 0.3) is 0 Å². The summed E-state index contributed by atoms with van der Waals surface area (Å²) in [6.45, 7) is 2.22. The topological polar surface area (TPSA) is 24.4 Å². The molecule has 21 heavy (non-hydrogen) atoms. The zero-order valence-corrected chi connectivity index (χ0v) is 12.6. The Balaban J connectivity index is 1.80. The molecule has 6 heteroatoms. The van der Waals surface area contributed by atoms with E-state index in [0.717, 1.165) is 31.1 Å². The van der Waals surface area contributed by atoms with Crippen LogP contribution in [0.1, 0.15) is 32.6 Å². The van der Waals surface area contributed by atoms with Crippen LogP contribution in [0.3, 0.4) is 0 Å². The minimum atomic E-state index is -1.19. The molecule has 2 atom stereocenters. The van der Waals surface area contributed by atoms with Crippen molar-refractivity contribution in [1.82, 2.24) is 0 Å². The van der Waals surface area contributed by atoms with Crippen LogP contribution in [0.25, 0.3) is 0 Å². The van der Waals surface area contributed by atoms with Crippen LogP contribution >= 0.6 is 11.8 Å². The lowest BCUT2D eigenvalue weighted by Crippen LogP contribution is -2.33. The number of rotatable bonds is 1. The summed E-state index contributed by atoms with van der Waals surface area (Å²) in [5, 5.41) is 3.28. The molecule has 1 aromatic carbocycles. The molecule has 1 N–H and O–H groups in total. The predicted molar refractivity (Wildman–Crippen MR) is 80.2 cm³/mol. The number of thioether (sulfide) groups is 1. The fourth-order valence-corrected chi connectivity index (χ4v) is 4.35. The maximum absolute atomic E-state index is 13.7. The molecule has 3 rings (SSSR count). The van der Waals surface area contributed by atoms with Crippen molar-refractivity contribution in [3.63, 3.8) is 0 Å². The van der Waals surface area contributed by atoms with Crippen LogP contribution < -0.4 is 5.32 Å². The maximum Gasteiger partial charge on any atom is 0.182 e. The molecule has 0 saturated heterocycles. The molecule has 1 heterocycles. The first-order chi connectivity index (χ1) is 9.97. The highest BCUT2D eigenvalue weighted by Crippen LogP contribution is 2.42. The van der Waals surface area contributed by atoms with Gasteiger partial charge >= 0.3 is 0 Å². The molecule has 1 spiro atoms. The number of benzene rings is 1. The molecule has 1 fully saturated rings. The van der Waals surface area contributed by atoms with Gasteiger partial charge in [-0.3, -0.25) is 4.99 Å². The lowest BCUT2D eigenvalue weighted by Gasteiger charge is -2.33. The van der Waals surface area contributed by atoms with Gasteiger partial charge in [-0.05, 0) is 18.8 Å². The van der Waals surface area contributed by atoms with Crippen LogP contribution in [-0.4, -0.2) is 16.5 Å². The van der Waals surface area contributed by atoms with Crippen LogP contribution in [0, 0.1) is 23.4 Å². The molecule has 1 aliphatic carbocycles. The number of anilines is 1. The van der Waals surface area contributed by atoms with Gasteiger partial charge in [-0.1, -0.05) is 31.5 Å². The average molecular weight is 314 g/mol. The Morgan fingerprint density at radius 2 is 2.14 bits per heavy atom. The Morgan fingerprint density at radius 3 is 2.90 bits per heavy atom. The summed E-state index contributed by atoms with van der Waals surface area (Å²) in [6.07, 6.45) is 4.40. The van der Waals surface area contributed by atoms with Crippen molar-refractivity contribution in [2.75, 3.05) is 11.1 Å². The molecule has 0 bridgehead atoms. The fourth-order valence-electron chi connectivity index (χ4n) is 3.17. The second-order valence-electron chi connectivity index (χ2n) is 6.01. The van der Waals surface area contributed by atoms with Gasteiger partial charge in [0.15, 0.2) is 16.8 Å². The van der Waals surface area contributed by atoms with Gasteiger partial charge in [0, 0.05) is 17.9 Å². The normalized spacial score (nSPS) is 28.8. The number of aliphatic imine (C=N–C) groups is 1. The van der Waals surface area contributed by atoms with E-state index < -0.39 is 17.5 Å². The van der Waals surface area contributed by atoms with Crippen molar-refractivity contribution < 1.29 is 13.2 Å². The van der Waals surface area contributed by atoms with Crippen molar-refractivity contribution in [3.8, 4) is 0 Å². The summed E-state index contributed by atoms with van der Waals surface area (Å²) >= 11 is 1.49. The minimum absolute atomic E-state index is 0.0903. The Hall–Kier alpha value is -1.17. The summed E-state index contributed by atoms with van der Waals surface area (Å²) < 4.78 is 40.1. The molecule has 1 aromatic rings. The lowest BCUT2D eigenvalue weighted by molar-refractivity contribution is 0.266. The van der Waals surface area contributed by atoms with Crippen LogP contribution in [0.4, 0.5) is 18.9 Å². The van der Waals surface area contributed by atoms with E-state index in [2.05, 4.69) is 17.2 Å². The number of amidine groups is 1. The number of nitrogens with one attached hydrogen (secondary N) is 1. The van der Waals surface area contributed by atoms with E-state index >= 15 is 0 Å².